The first-order valence-electron chi connectivity index (χ1n) is 22.3. The van der Waals surface area contributed by atoms with Crippen molar-refractivity contribution in [2.24, 2.45) is 0 Å². The smallest absolute Gasteiger partial charge is 0.146 e. The average Bonchev–Trinajstić information content (AvgIpc) is 3.78. The van der Waals surface area contributed by atoms with Crippen LogP contribution >= 0.6 is 0 Å². The number of benzene rings is 11. The van der Waals surface area contributed by atoms with Gasteiger partial charge in [-0.2, -0.15) is 0 Å². The summed E-state index contributed by atoms with van der Waals surface area (Å²) in [5.74, 6) is 0.933. The SMILES string of the molecule is c1ccc(-c2cc(-c3ccc(-c4c5ccccc5c(-c5nc6ccccc6n5-c5ccccc5)c5ccccc45)cc3)c(-c3ccccc3)c(-c3ccccc3)c2-c2ccccc2)cc1. The quantitative estimate of drug-likeness (QED) is 0.140. The molecule has 0 saturated carbocycles. The molecule has 0 atom stereocenters. The van der Waals surface area contributed by atoms with Crippen LogP contribution < -0.4 is 0 Å². The Morgan fingerprint density at radius 3 is 1.12 bits per heavy atom. The zero-order valence-electron chi connectivity index (χ0n) is 35.6. The molecule has 12 aromatic rings. The lowest BCUT2D eigenvalue weighted by atomic mass is 9.78. The summed E-state index contributed by atoms with van der Waals surface area (Å²) in [5.41, 5.74) is 18.6. The molecule has 1 aromatic heterocycles. The summed E-state index contributed by atoms with van der Waals surface area (Å²) in [6.07, 6.45) is 0. The Kier molecular flexibility index (Phi) is 9.54. The van der Waals surface area contributed by atoms with Crippen LogP contribution in [0.4, 0.5) is 0 Å². The van der Waals surface area contributed by atoms with Crippen molar-refractivity contribution in [2.75, 3.05) is 0 Å². The fourth-order valence-electron chi connectivity index (χ4n) is 9.99. The van der Waals surface area contributed by atoms with Gasteiger partial charge in [0.2, 0.25) is 0 Å². The van der Waals surface area contributed by atoms with E-state index in [1.165, 1.54) is 77.2 Å². The van der Waals surface area contributed by atoms with Gasteiger partial charge in [-0.05, 0) is 119 Å². The van der Waals surface area contributed by atoms with Crippen LogP contribution in [0.15, 0.2) is 255 Å². The molecule has 2 nitrogen and oxygen atoms in total. The Hall–Kier alpha value is -8.59. The molecule has 0 aliphatic heterocycles. The largest absolute Gasteiger partial charge is 0.292 e. The minimum absolute atomic E-state index is 0.933. The molecule has 0 saturated heterocycles. The van der Waals surface area contributed by atoms with Crippen LogP contribution in [-0.2, 0) is 0 Å². The summed E-state index contributed by atoms with van der Waals surface area (Å²) >= 11 is 0. The van der Waals surface area contributed by atoms with E-state index in [0.29, 0.717) is 0 Å². The number of imidazole rings is 1. The molecule has 0 radical (unpaired) electrons. The van der Waals surface area contributed by atoms with Crippen molar-refractivity contribution in [3.05, 3.63) is 255 Å². The Morgan fingerprint density at radius 1 is 0.262 bits per heavy atom. The molecule has 0 spiro atoms. The lowest BCUT2D eigenvalue weighted by Crippen LogP contribution is -1.99. The molecule has 0 amide bonds. The van der Waals surface area contributed by atoms with Crippen molar-refractivity contribution in [2.45, 2.75) is 0 Å². The standard InChI is InChI=1S/C63H42N2/c1-6-22-43(23-7-1)54-42-55(60(46-26-10-3-11-27-46)61(47-28-12-4-13-29-47)59(54)45-24-8-2-9-25-45)44-38-40-48(41-39-44)58-50-32-16-18-34-52(50)62(53-35-19-17-33-51(53)58)63-64-56-36-20-21-37-57(56)65(63)49-30-14-5-15-31-49/h1-42H. The topological polar surface area (TPSA) is 17.8 Å². The minimum Gasteiger partial charge on any atom is -0.292 e. The highest BCUT2D eigenvalue weighted by molar-refractivity contribution is 6.21. The van der Waals surface area contributed by atoms with Gasteiger partial charge in [-0.1, -0.05) is 224 Å². The van der Waals surface area contributed by atoms with Gasteiger partial charge in [-0.3, -0.25) is 4.57 Å². The monoisotopic (exact) mass is 826 g/mol. The first-order chi connectivity index (χ1) is 32.3. The number of nitrogens with zero attached hydrogens (tertiary/aromatic N) is 2. The molecule has 1 heterocycles. The van der Waals surface area contributed by atoms with E-state index < -0.39 is 0 Å². The Balaban J connectivity index is 1.11. The van der Waals surface area contributed by atoms with Gasteiger partial charge >= 0.3 is 0 Å². The summed E-state index contributed by atoms with van der Waals surface area (Å²) in [6.45, 7) is 0. The zero-order chi connectivity index (χ0) is 43.1. The van der Waals surface area contributed by atoms with Gasteiger partial charge in [0.15, 0.2) is 0 Å². The Morgan fingerprint density at radius 2 is 0.615 bits per heavy atom. The number of rotatable bonds is 8. The van der Waals surface area contributed by atoms with Crippen molar-refractivity contribution >= 4 is 32.6 Å². The molecule has 2 heteroatoms. The molecule has 304 valence electrons. The first kappa shape index (κ1) is 38.1. The maximum Gasteiger partial charge on any atom is 0.146 e. The number of hydrogen-bond acceptors (Lipinski definition) is 1. The maximum atomic E-state index is 5.39. The second kappa shape index (κ2) is 16.3. The molecular weight excluding hydrogens is 785 g/mol. The highest BCUT2D eigenvalue weighted by atomic mass is 15.1. The van der Waals surface area contributed by atoms with E-state index in [4.69, 9.17) is 4.98 Å². The zero-order valence-corrected chi connectivity index (χ0v) is 35.6. The van der Waals surface area contributed by atoms with Gasteiger partial charge < -0.3 is 0 Å². The molecule has 12 rings (SSSR count). The molecule has 11 aromatic carbocycles. The number of fused-ring (bicyclic) bond motifs is 3. The van der Waals surface area contributed by atoms with Gasteiger partial charge in [-0.25, -0.2) is 4.98 Å². The van der Waals surface area contributed by atoms with Crippen molar-refractivity contribution in [1.82, 2.24) is 9.55 Å². The highest BCUT2D eigenvalue weighted by Gasteiger charge is 2.25. The van der Waals surface area contributed by atoms with Crippen LogP contribution in [-0.4, -0.2) is 9.55 Å². The fraction of sp³-hybridized carbons (Fsp3) is 0. The third kappa shape index (κ3) is 6.63. The second-order valence-corrected chi connectivity index (χ2v) is 16.6. The van der Waals surface area contributed by atoms with E-state index >= 15 is 0 Å². The Labute approximate surface area is 379 Å². The number of hydrogen-bond donors (Lipinski definition) is 0. The summed E-state index contributed by atoms with van der Waals surface area (Å²) in [6, 6.07) is 92.1. The van der Waals surface area contributed by atoms with Crippen molar-refractivity contribution in [3.8, 4) is 83.8 Å². The summed E-state index contributed by atoms with van der Waals surface area (Å²) in [7, 11) is 0. The minimum atomic E-state index is 0.933. The first-order valence-corrected chi connectivity index (χ1v) is 22.3. The fourth-order valence-corrected chi connectivity index (χ4v) is 9.99. The normalized spacial score (nSPS) is 11.4. The van der Waals surface area contributed by atoms with Gasteiger partial charge in [0, 0.05) is 11.3 Å². The molecule has 0 fully saturated rings. The second-order valence-electron chi connectivity index (χ2n) is 16.6. The van der Waals surface area contributed by atoms with Crippen molar-refractivity contribution in [1.29, 1.82) is 0 Å². The van der Waals surface area contributed by atoms with Gasteiger partial charge in [-0.15, -0.1) is 0 Å². The summed E-state index contributed by atoms with van der Waals surface area (Å²) < 4.78 is 2.32. The maximum absolute atomic E-state index is 5.39. The van der Waals surface area contributed by atoms with Gasteiger partial charge in [0.05, 0.1) is 11.0 Å². The predicted molar refractivity (Wildman–Crippen MR) is 274 cm³/mol. The van der Waals surface area contributed by atoms with E-state index in [-0.39, 0.29) is 0 Å². The molecule has 0 aliphatic rings. The summed E-state index contributed by atoms with van der Waals surface area (Å²) in [4.78, 5) is 5.39. The van der Waals surface area contributed by atoms with E-state index in [2.05, 4.69) is 259 Å². The molecule has 0 bridgehead atoms. The van der Waals surface area contributed by atoms with Crippen LogP contribution in [0.5, 0.6) is 0 Å². The predicted octanol–water partition coefficient (Wildman–Crippen LogP) is 17.0. The highest BCUT2D eigenvalue weighted by Crippen LogP contribution is 2.51. The Bertz CT molecular complexity index is 3590. The van der Waals surface area contributed by atoms with E-state index in [1.807, 2.05) is 0 Å². The van der Waals surface area contributed by atoms with Crippen LogP contribution in [0.2, 0.25) is 0 Å². The molecular formula is C63H42N2. The third-order valence-corrected chi connectivity index (χ3v) is 12.8. The lowest BCUT2D eigenvalue weighted by Gasteiger charge is -2.24. The average molecular weight is 827 g/mol. The summed E-state index contributed by atoms with van der Waals surface area (Å²) in [5, 5.41) is 4.72. The van der Waals surface area contributed by atoms with E-state index in [0.717, 1.165) is 39.2 Å². The molecule has 0 unspecified atom stereocenters. The number of aromatic nitrogens is 2. The molecule has 0 aliphatic carbocycles. The van der Waals surface area contributed by atoms with Crippen LogP contribution in [0.3, 0.4) is 0 Å². The van der Waals surface area contributed by atoms with Crippen LogP contribution in [0.1, 0.15) is 0 Å². The lowest BCUT2D eigenvalue weighted by molar-refractivity contribution is 1.11. The van der Waals surface area contributed by atoms with Crippen LogP contribution in [0, 0.1) is 0 Å². The van der Waals surface area contributed by atoms with Crippen molar-refractivity contribution in [3.63, 3.8) is 0 Å². The van der Waals surface area contributed by atoms with Gasteiger partial charge in [0.1, 0.15) is 5.82 Å². The van der Waals surface area contributed by atoms with E-state index in [9.17, 15) is 0 Å². The molecule has 65 heavy (non-hydrogen) atoms. The van der Waals surface area contributed by atoms with Crippen molar-refractivity contribution < 1.29 is 0 Å². The molecule has 0 N–H and O–H groups in total. The van der Waals surface area contributed by atoms with Crippen LogP contribution in [0.25, 0.3) is 116 Å². The van der Waals surface area contributed by atoms with E-state index in [1.54, 1.807) is 0 Å². The third-order valence-electron chi connectivity index (χ3n) is 12.8. The van der Waals surface area contributed by atoms with Gasteiger partial charge in [0.25, 0.3) is 0 Å². The number of para-hydroxylation sites is 3.